The van der Waals surface area contributed by atoms with Crippen LogP contribution in [-0.4, -0.2) is 29.6 Å². The molecule has 1 aliphatic rings. The number of carbonyl (C=O) groups excluding carboxylic acids is 1. The Hall–Kier alpha value is -0.610. The summed E-state index contributed by atoms with van der Waals surface area (Å²) in [6.07, 6.45) is -1.43. The Morgan fingerprint density at radius 2 is 2.14 bits per heavy atom. The van der Waals surface area contributed by atoms with Gasteiger partial charge in [0.15, 0.2) is 0 Å². The van der Waals surface area contributed by atoms with Crippen LogP contribution < -0.4 is 0 Å². The summed E-state index contributed by atoms with van der Waals surface area (Å²) in [5.41, 5.74) is -0.477. The second-order valence-electron chi connectivity index (χ2n) is 4.65. The van der Waals surface area contributed by atoms with Crippen LogP contribution in [0, 0.1) is 5.41 Å². The fraction of sp³-hybridized carbons (Fsp3) is 0.900. The highest BCUT2D eigenvalue weighted by atomic mass is 16.7. The van der Waals surface area contributed by atoms with Crippen LogP contribution in [0.1, 0.15) is 34.1 Å². The number of cyclic esters (lactones) is 1. The number of hydrogen-bond donors (Lipinski definition) is 1. The predicted octanol–water partition coefficient (Wildman–Crippen LogP) is 1.07. The highest BCUT2D eigenvalue weighted by molar-refractivity contribution is 5.71. The Labute approximate surface area is 84.2 Å². The average Bonchev–Trinajstić information content (AvgIpc) is 1.97. The maximum Gasteiger partial charge on any atom is 0.308 e. The molecule has 1 fully saturated rings. The van der Waals surface area contributed by atoms with Crippen LogP contribution in [0.3, 0.4) is 0 Å². The molecule has 14 heavy (non-hydrogen) atoms. The van der Waals surface area contributed by atoms with E-state index in [9.17, 15) is 9.90 Å². The van der Waals surface area contributed by atoms with E-state index in [1.54, 1.807) is 0 Å². The number of rotatable bonds is 2. The maximum absolute atomic E-state index is 11.2. The molecule has 0 radical (unpaired) electrons. The van der Waals surface area contributed by atoms with E-state index < -0.39 is 17.8 Å². The van der Waals surface area contributed by atoms with Crippen molar-refractivity contribution in [1.29, 1.82) is 0 Å². The van der Waals surface area contributed by atoms with Gasteiger partial charge in [-0.25, -0.2) is 0 Å². The number of aliphatic hydroxyl groups excluding tert-OH is 1. The molecular formula is C10H18O4. The topological polar surface area (TPSA) is 55.8 Å². The predicted molar refractivity (Wildman–Crippen MR) is 50.5 cm³/mol. The summed E-state index contributed by atoms with van der Waals surface area (Å²) < 4.78 is 10.3. The van der Waals surface area contributed by atoms with Gasteiger partial charge in [0.1, 0.15) is 6.10 Å². The molecule has 1 heterocycles. The summed E-state index contributed by atoms with van der Waals surface area (Å²) in [5.74, 6) is -0.314. The van der Waals surface area contributed by atoms with Crippen LogP contribution in [-0.2, 0) is 14.3 Å². The minimum atomic E-state index is -0.828. The first-order valence-corrected chi connectivity index (χ1v) is 4.86. The van der Waals surface area contributed by atoms with E-state index in [0.29, 0.717) is 0 Å². The fourth-order valence-electron chi connectivity index (χ4n) is 1.45. The van der Waals surface area contributed by atoms with E-state index in [4.69, 9.17) is 9.47 Å². The largest absolute Gasteiger partial charge is 0.433 e. The van der Waals surface area contributed by atoms with Gasteiger partial charge < -0.3 is 14.6 Å². The highest BCUT2D eigenvalue weighted by Crippen LogP contribution is 2.34. The van der Waals surface area contributed by atoms with Gasteiger partial charge in [0.05, 0.1) is 12.5 Å². The lowest BCUT2D eigenvalue weighted by molar-refractivity contribution is -0.249. The molecule has 0 amide bonds. The lowest BCUT2D eigenvalue weighted by Gasteiger charge is -2.39. The molecule has 4 nitrogen and oxygen atoms in total. The number of ether oxygens (including phenoxy) is 2. The van der Waals surface area contributed by atoms with Crippen molar-refractivity contribution in [2.45, 2.75) is 52.6 Å². The number of aliphatic hydroxyl groups is 1. The van der Waals surface area contributed by atoms with Crippen LogP contribution in [0.25, 0.3) is 0 Å². The standard InChI is InChI=1S/C10H18O4/c1-6(2)13-9-8(12)10(3,4)5-7(11)14-9/h6,8-9,12H,5H2,1-4H3. The van der Waals surface area contributed by atoms with E-state index in [-0.39, 0.29) is 18.5 Å². The van der Waals surface area contributed by atoms with Crippen molar-refractivity contribution in [1.82, 2.24) is 0 Å². The van der Waals surface area contributed by atoms with Crippen molar-refractivity contribution in [3.05, 3.63) is 0 Å². The van der Waals surface area contributed by atoms with Crippen LogP contribution in [0.4, 0.5) is 0 Å². The molecule has 0 aromatic carbocycles. The first-order chi connectivity index (χ1) is 6.33. The molecule has 1 aliphatic heterocycles. The van der Waals surface area contributed by atoms with E-state index >= 15 is 0 Å². The SMILES string of the molecule is CC(C)OC1OC(=O)CC(C)(C)C1O. The van der Waals surface area contributed by atoms with Gasteiger partial charge in [0, 0.05) is 5.41 Å². The Morgan fingerprint density at radius 1 is 1.57 bits per heavy atom. The monoisotopic (exact) mass is 202 g/mol. The third-order valence-electron chi connectivity index (χ3n) is 2.31. The summed E-state index contributed by atoms with van der Waals surface area (Å²) >= 11 is 0. The molecule has 82 valence electrons. The first-order valence-electron chi connectivity index (χ1n) is 4.86. The van der Waals surface area contributed by atoms with Crippen molar-refractivity contribution in [3.8, 4) is 0 Å². The van der Waals surface area contributed by atoms with Crippen molar-refractivity contribution in [3.63, 3.8) is 0 Å². The Balaban J connectivity index is 2.70. The molecular weight excluding hydrogens is 184 g/mol. The zero-order valence-corrected chi connectivity index (χ0v) is 9.11. The van der Waals surface area contributed by atoms with Crippen LogP contribution in [0.15, 0.2) is 0 Å². The minimum absolute atomic E-state index is 0.0728. The first kappa shape index (κ1) is 11.5. The van der Waals surface area contributed by atoms with Gasteiger partial charge in [-0.2, -0.15) is 0 Å². The molecule has 4 heteroatoms. The molecule has 1 N–H and O–H groups in total. The van der Waals surface area contributed by atoms with E-state index in [2.05, 4.69) is 0 Å². The zero-order chi connectivity index (χ0) is 10.9. The van der Waals surface area contributed by atoms with Gasteiger partial charge in [-0.15, -0.1) is 0 Å². The number of hydrogen-bond acceptors (Lipinski definition) is 4. The number of carbonyl (C=O) groups is 1. The molecule has 0 aromatic heterocycles. The average molecular weight is 202 g/mol. The van der Waals surface area contributed by atoms with Gasteiger partial charge in [-0.05, 0) is 13.8 Å². The molecule has 0 saturated carbocycles. The Bertz CT molecular complexity index is 222. The van der Waals surface area contributed by atoms with E-state index in [1.165, 1.54) is 0 Å². The lowest BCUT2D eigenvalue weighted by atomic mass is 9.81. The van der Waals surface area contributed by atoms with Crippen molar-refractivity contribution < 1.29 is 19.4 Å². The van der Waals surface area contributed by atoms with Crippen molar-refractivity contribution in [2.24, 2.45) is 5.41 Å². The molecule has 0 spiro atoms. The number of esters is 1. The summed E-state index contributed by atoms with van der Waals surface area (Å²) in [7, 11) is 0. The molecule has 0 bridgehead atoms. The third-order valence-corrected chi connectivity index (χ3v) is 2.31. The normalized spacial score (nSPS) is 31.7. The minimum Gasteiger partial charge on any atom is -0.433 e. The van der Waals surface area contributed by atoms with Crippen LogP contribution >= 0.6 is 0 Å². The molecule has 2 unspecified atom stereocenters. The van der Waals surface area contributed by atoms with Crippen LogP contribution in [0.5, 0.6) is 0 Å². The Kier molecular flexibility index (Phi) is 3.17. The Morgan fingerprint density at radius 3 is 2.64 bits per heavy atom. The van der Waals surface area contributed by atoms with E-state index in [0.717, 1.165) is 0 Å². The zero-order valence-electron chi connectivity index (χ0n) is 9.11. The summed E-state index contributed by atoms with van der Waals surface area (Å²) in [6, 6.07) is 0. The van der Waals surface area contributed by atoms with Gasteiger partial charge in [0.2, 0.25) is 6.29 Å². The quantitative estimate of drug-likeness (QED) is 0.680. The van der Waals surface area contributed by atoms with Gasteiger partial charge in [0.25, 0.3) is 0 Å². The third kappa shape index (κ3) is 2.45. The molecule has 1 saturated heterocycles. The maximum atomic E-state index is 11.2. The summed E-state index contributed by atoms with van der Waals surface area (Å²) in [6.45, 7) is 7.33. The van der Waals surface area contributed by atoms with Crippen LogP contribution in [0.2, 0.25) is 0 Å². The molecule has 1 rings (SSSR count). The van der Waals surface area contributed by atoms with Gasteiger partial charge >= 0.3 is 5.97 Å². The lowest BCUT2D eigenvalue weighted by Crippen LogP contribution is -2.50. The summed E-state index contributed by atoms with van der Waals surface area (Å²) in [4.78, 5) is 11.2. The van der Waals surface area contributed by atoms with Gasteiger partial charge in [-0.1, -0.05) is 13.8 Å². The second-order valence-corrected chi connectivity index (χ2v) is 4.65. The van der Waals surface area contributed by atoms with Gasteiger partial charge in [-0.3, -0.25) is 4.79 Å². The van der Waals surface area contributed by atoms with E-state index in [1.807, 2.05) is 27.7 Å². The van der Waals surface area contributed by atoms with Crippen molar-refractivity contribution >= 4 is 5.97 Å². The summed E-state index contributed by atoms with van der Waals surface area (Å²) in [5, 5.41) is 9.86. The van der Waals surface area contributed by atoms with Crippen molar-refractivity contribution in [2.75, 3.05) is 0 Å². The molecule has 2 atom stereocenters. The highest BCUT2D eigenvalue weighted by Gasteiger charge is 2.44. The second kappa shape index (κ2) is 3.87. The fourth-order valence-corrected chi connectivity index (χ4v) is 1.45. The molecule has 0 aromatic rings. The smallest absolute Gasteiger partial charge is 0.308 e. The molecule has 0 aliphatic carbocycles.